The molecule has 0 saturated heterocycles. The van der Waals surface area contributed by atoms with Gasteiger partial charge >= 0.3 is 0 Å². The van der Waals surface area contributed by atoms with Crippen LogP contribution in [0.25, 0.3) is 0 Å². The smallest absolute Gasteiger partial charge is 0.264 e. The number of amides is 2. The van der Waals surface area contributed by atoms with Gasteiger partial charge in [-0.15, -0.1) is 11.8 Å². The van der Waals surface area contributed by atoms with Gasteiger partial charge < -0.3 is 15.0 Å². The number of ether oxygens (including phenoxy) is 1. The van der Waals surface area contributed by atoms with Crippen LogP contribution in [-0.4, -0.2) is 56.6 Å². The highest BCUT2D eigenvalue weighted by molar-refractivity contribution is 7.98. The molecule has 12 heteroatoms. The maximum absolute atomic E-state index is 14.8. The van der Waals surface area contributed by atoms with Crippen LogP contribution in [0, 0.1) is 0 Å². The maximum Gasteiger partial charge on any atom is 0.264 e. The van der Waals surface area contributed by atoms with Crippen molar-refractivity contribution in [1.82, 2.24) is 10.2 Å². The molecule has 4 rings (SSSR count). The molecule has 0 aromatic heterocycles. The Labute approximate surface area is 303 Å². The van der Waals surface area contributed by atoms with E-state index in [-0.39, 0.29) is 42.1 Å². The minimum absolute atomic E-state index is 0.00652. The number of carbonyl (C=O) groups excluding carboxylic acids is 2. The molecule has 1 N–H and O–H groups in total. The van der Waals surface area contributed by atoms with Crippen LogP contribution < -0.4 is 14.4 Å². The first-order chi connectivity index (χ1) is 23.5. The van der Waals surface area contributed by atoms with E-state index in [0.717, 1.165) is 14.8 Å². The van der Waals surface area contributed by atoms with E-state index in [9.17, 15) is 18.0 Å². The molecule has 8 nitrogen and oxygen atoms in total. The number of thioether (sulfide) groups is 1. The van der Waals surface area contributed by atoms with Crippen molar-refractivity contribution >= 4 is 62.5 Å². The molecule has 4 aromatic carbocycles. The van der Waals surface area contributed by atoms with Crippen LogP contribution in [0.1, 0.15) is 38.3 Å². The summed E-state index contributed by atoms with van der Waals surface area (Å²) >= 11 is 14.3. The van der Waals surface area contributed by atoms with E-state index >= 15 is 0 Å². The number of benzene rings is 4. The standard InChI is InChI=1S/C37H41Cl2N3O5S2/c1-5-26(3)40-37(44)34(22-27-12-8-7-9-13-27)41(24-28-16-17-29(38)23-32(28)39)36(43)25-42(33-14-10-11-15-35(33)47-6-2)49(45,46)31-20-18-30(48-4)19-21-31/h7-21,23,26,34H,5-6,22,24-25H2,1-4H3,(H,40,44)/t26-,34+/m1/s1. The molecule has 0 unspecified atom stereocenters. The summed E-state index contributed by atoms with van der Waals surface area (Å²) in [5.41, 5.74) is 1.57. The Hall–Kier alpha value is -3.70. The van der Waals surface area contributed by atoms with E-state index in [1.807, 2.05) is 50.4 Å². The molecule has 49 heavy (non-hydrogen) atoms. The maximum atomic E-state index is 14.8. The van der Waals surface area contributed by atoms with Crippen molar-refractivity contribution in [2.45, 2.75) is 62.0 Å². The quantitative estimate of drug-likeness (QED) is 0.118. The minimum atomic E-state index is -4.31. The van der Waals surface area contributed by atoms with E-state index in [2.05, 4.69) is 5.32 Å². The fourth-order valence-electron chi connectivity index (χ4n) is 5.16. The molecule has 0 spiro atoms. The molecule has 0 saturated carbocycles. The van der Waals surface area contributed by atoms with Crippen LogP contribution in [0.4, 0.5) is 5.69 Å². The van der Waals surface area contributed by atoms with Gasteiger partial charge in [-0.1, -0.05) is 78.7 Å². The van der Waals surface area contributed by atoms with Crippen LogP contribution in [0.5, 0.6) is 5.75 Å². The third-order valence-electron chi connectivity index (χ3n) is 7.99. The summed E-state index contributed by atoms with van der Waals surface area (Å²) in [5, 5.41) is 3.76. The number of carbonyl (C=O) groups is 2. The van der Waals surface area contributed by atoms with Gasteiger partial charge in [0.05, 0.1) is 17.2 Å². The molecule has 0 bridgehead atoms. The lowest BCUT2D eigenvalue weighted by molar-refractivity contribution is -0.140. The average molecular weight is 743 g/mol. The monoisotopic (exact) mass is 741 g/mol. The van der Waals surface area contributed by atoms with Gasteiger partial charge in [-0.3, -0.25) is 13.9 Å². The summed E-state index contributed by atoms with van der Waals surface area (Å²) in [7, 11) is -4.31. The first-order valence-electron chi connectivity index (χ1n) is 15.9. The van der Waals surface area contributed by atoms with Crippen molar-refractivity contribution in [3.05, 3.63) is 118 Å². The molecule has 260 valence electrons. The largest absolute Gasteiger partial charge is 0.492 e. The highest BCUT2D eigenvalue weighted by atomic mass is 35.5. The molecule has 2 amide bonds. The highest BCUT2D eigenvalue weighted by Crippen LogP contribution is 2.34. The number of halogens is 2. The van der Waals surface area contributed by atoms with Gasteiger partial charge in [0.15, 0.2) is 0 Å². The second-order valence-electron chi connectivity index (χ2n) is 11.4. The van der Waals surface area contributed by atoms with Crippen LogP contribution in [0.15, 0.2) is 107 Å². The zero-order chi connectivity index (χ0) is 35.6. The van der Waals surface area contributed by atoms with Crippen LogP contribution in [0.2, 0.25) is 10.0 Å². The second-order valence-corrected chi connectivity index (χ2v) is 15.0. The Morgan fingerprint density at radius 1 is 0.918 bits per heavy atom. The number of nitrogens with zero attached hydrogens (tertiary/aromatic N) is 2. The highest BCUT2D eigenvalue weighted by Gasteiger charge is 2.36. The Morgan fingerprint density at radius 2 is 1.59 bits per heavy atom. The van der Waals surface area contributed by atoms with Gasteiger partial charge in [-0.05, 0) is 86.2 Å². The molecule has 0 heterocycles. The molecule has 0 radical (unpaired) electrons. The summed E-state index contributed by atoms with van der Waals surface area (Å²) < 4.78 is 35.8. The summed E-state index contributed by atoms with van der Waals surface area (Å²) in [4.78, 5) is 31.1. The number of para-hydroxylation sites is 2. The third kappa shape index (κ3) is 9.94. The second kappa shape index (κ2) is 17.8. The molecule has 2 atom stereocenters. The summed E-state index contributed by atoms with van der Waals surface area (Å²) in [6.07, 6.45) is 2.76. The van der Waals surface area contributed by atoms with E-state index in [1.54, 1.807) is 61.5 Å². The molecule has 0 fully saturated rings. The first-order valence-corrected chi connectivity index (χ1v) is 19.4. The van der Waals surface area contributed by atoms with Crippen LogP contribution >= 0.6 is 35.0 Å². The number of hydrogen-bond acceptors (Lipinski definition) is 6. The van der Waals surface area contributed by atoms with E-state index in [4.69, 9.17) is 27.9 Å². The van der Waals surface area contributed by atoms with Crippen molar-refractivity contribution in [3.63, 3.8) is 0 Å². The van der Waals surface area contributed by atoms with E-state index in [1.165, 1.54) is 28.8 Å². The lowest BCUT2D eigenvalue weighted by Crippen LogP contribution is -2.54. The number of hydrogen-bond donors (Lipinski definition) is 1. The molecule has 0 aliphatic heterocycles. The Bertz CT molecular complexity index is 1830. The zero-order valence-corrected chi connectivity index (χ0v) is 31.1. The van der Waals surface area contributed by atoms with Crippen molar-refractivity contribution in [2.24, 2.45) is 0 Å². The van der Waals surface area contributed by atoms with Gasteiger partial charge in [0, 0.05) is 33.9 Å². The lowest BCUT2D eigenvalue weighted by atomic mass is 10.0. The predicted octanol–water partition coefficient (Wildman–Crippen LogP) is 7.86. The summed E-state index contributed by atoms with van der Waals surface area (Å²) in [6, 6.07) is 26.3. The first kappa shape index (κ1) is 38.1. The lowest BCUT2D eigenvalue weighted by Gasteiger charge is -2.34. The average Bonchev–Trinajstić information content (AvgIpc) is 3.10. The van der Waals surface area contributed by atoms with Crippen LogP contribution in [-0.2, 0) is 32.6 Å². The predicted molar refractivity (Wildman–Crippen MR) is 199 cm³/mol. The van der Waals surface area contributed by atoms with Crippen molar-refractivity contribution in [3.8, 4) is 5.75 Å². The third-order valence-corrected chi connectivity index (χ3v) is 11.1. The zero-order valence-electron chi connectivity index (χ0n) is 27.9. The fourth-order valence-corrected chi connectivity index (χ4v) is 7.46. The Kier molecular flexibility index (Phi) is 13.8. The van der Waals surface area contributed by atoms with Crippen molar-refractivity contribution < 1.29 is 22.7 Å². The van der Waals surface area contributed by atoms with Crippen molar-refractivity contribution in [2.75, 3.05) is 23.7 Å². The Balaban J connectivity index is 1.86. The Morgan fingerprint density at radius 3 is 2.22 bits per heavy atom. The van der Waals surface area contributed by atoms with Gasteiger partial charge in [-0.2, -0.15) is 0 Å². The SMILES string of the molecule is CCOc1ccccc1N(CC(=O)N(Cc1ccc(Cl)cc1Cl)[C@@H](Cc1ccccc1)C(=O)N[C@H](C)CC)S(=O)(=O)c1ccc(SC)cc1. The van der Waals surface area contributed by atoms with Crippen LogP contribution in [0.3, 0.4) is 0 Å². The number of anilines is 1. The fraction of sp³-hybridized carbons (Fsp3) is 0.297. The van der Waals surface area contributed by atoms with Gasteiger partial charge in [0.25, 0.3) is 10.0 Å². The molecular formula is C37H41Cl2N3O5S2. The molecule has 0 aliphatic rings. The summed E-state index contributed by atoms with van der Waals surface area (Å²) in [6.45, 7) is 5.22. The summed E-state index contributed by atoms with van der Waals surface area (Å²) in [5.74, 6) is -0.681. The molecule has 4 aromatic rings. The normalized spacial score (nSPS) is 12.5. The van der Waals surface area contributed by atoms with E-state index < -0.39 is 28.5 Å². The number of nitrogens with one attached hydrogen (secondary N) is 1. The topological polar surface area (TPSA) is 96.0 Å². The number of rotatable bonds is 16. The minimum Gasteiger partial charge on any atom is -0.492 e. The van der Waals surface area contributed by atoms with Crippen molar-refractivity contribution in [1.29, 1.82) is 0 Å². The van der Waals surface area contributed by atoms with Gasteiger partial charge in [-0.25, -0.2) is 8.42 Å². The molecule has 0 aliphatic carbocycles. The van der Waals surface area contributed by atoms with Gasteiger partial charge in [0.1, 0.15) is 18.3 Å². The molecular weight excluding hydrogens is 701 g/mol. The van der Waals surface area contributed by atoms with E-state index in [0.29, 0.717) is 27.8 Å². The van der Waals surface area contributed by atoms with Gasteiger partial charge in [0.2, 0.25) is 11.8 Å². The number of sulfonamides is 1.